The highest BCUT2D eigenvalue weighted by molar-refractivity contribution is 5.87. The summed E-state index contributed by atoms with van der Waals surface area (Å²) in [5.41, 5.74) is 2.00. The molecule has 0 radical (unpaired) electrons. The lowest BCUT2D eigenvalue weighted by Gasteiger charge is -2.35. The molecule has 3 atom stereocenters. The summed E-state index contributed by atoms with van der Waals surface area (Å²) in [6.45, 7) is 0. The molecule has 4 rings (SSSR count). The van der Waals surface area contributed by atoms with Gasteiger partial charge in [-0.2, -0.15) is 0 Å². The molecule has 0 unspecified atom stereocenters. The molecule has 0 fully saturated rings. The molecular formula is C31H28O8. The number of hydrogen-bond acceptors (Lipinski definition) is 7. The fraction of sp³-hybridized carbons (Fsp3) is 0.226. The van der Waals surface area contributed by atoms with Gasteiger partial charge < -0.3 is 19.3 Å². The van der Waals surface area contributed by atoms with Crippen molar-refractivity contribution < 1.29 is 38.5 Å². The molecule has 0 saturated carbocycles. The molecule has 0 heterocycles. The van der Waals surface area contributed by atoms with Crippen LogP contribution in [0.4, 0.5) is 0 Å². The Bertz CT molecular complexity index is 1320. The molecule has 1 N–H and O–H groups in total. The zero-order valence-electron chi connectivity index (χ0n) is 21.1. The van der Waals surface area contributed by atoms with Gasteiger partial charge in [0.15, 0.2) is 12.2 Å². The lowest BCUT2D eigenvalue weighted by Crippen LogP contribution is -2.48. The Hall–Kier alpha value is -4.72. The van der Waals surface area contributed by atoms with E-state index in [9.17, 15) is 24.3 Å². The number of rotatable bonds is 10. The first-order chi connectivity index (χ1) is 18.9. The van der Waals surface area contributed by atoms with E-state index in [1.165, 1.54) is 6.08 Å². The highest BCUT2D eigenvalue weighted by Gasteiger charge is 2.42. The van der Waals surface area contributed by atoms with Gasteiger partial charge in [-0.3, -0.25) is 14.4 Å². The van der Waals surface area contributed by atoms with E-state index in [1.54, 1.807) is 72.8 Å². The Labute approximate surface area is 225 Å². The van der Waals surface area contributed by atoms with E-state index in [0.717, 1.165) is 0 Å². The number of aliphatic carboxylic acids is 1. The average molecular weight is 529 g/mol. The third kappa shape index (κ3) is 8.13. The van der Waals surface area contributed by atoms with Gasteiger partial charge in [0.2, 0.25) is 0 Å². The van der Waals surface area contributed by atoms with Crippen LogP contribution < -0.4 is 0 Å². The van der Waals surface area contributed by atoms with Crippen molar-refractivity contribution in [3.05, 3.63) is 119 Å². The summed E-state index contributed by atoms with van der Waals surface area (Å²) in [6.07, 6.45) is -2.85. The van der Waals surface area contributed by atoms with Crippen molar-refractivity contribution in [3.63, 3.8) is 0 Å². The second-order valence-corrected chi connectivity index (χ2v) is 9.13. The Kier molecular flexibility index (Phi) is 9.24. The first-order valence-electron chi connectivity index (χ1n) is 12.5. The Balaban J connectivity index is 1.56. The van der Waals surface area contributed by atoms with E-state index in [1.807, 2.05) is 18.2 Å². The molecular weight excluding hydrogens is 500 g/mol. The zero-order valence-corrected chi connectivity index (χ0v) is 21.1. The molecule has 0 spiro atoms. The van der Waals surface area contributed by atoms with Gasteiger partial charge in [0.25, 0.3) is 0 Å². The van der Waals surface area contributed by atoms with Crippen LogP contribution in [0.15, 0.2) is 103 Å². The summed E-state index contributed by atoms with van der Waals surface area (Å²) in [5, 5.41) is 9.72. The topological polar surface area (TPSA) is 116 Å². The minimum absolute atomic E-state index is 0.0629. The molecule has 39 heavy (non-hydrogen) atoms. The van der Waals surface area contributed by atoms with Gasteiger partial charge in [-0.15, -0.1) is 0 Å². The average Bonchev–Trinajstić information content (AvgIpc) is 2.91. The van der Waals surface area contributed by atoms with Crippen LogP contribution in [-0.4, -0.2) is 47.3 Å². The largest absolute Gasteiger partial charge is 0.478 e. The lowest BCUT2D eigenvalue weighted by molar-refractivity contribution is -0.182. The van der Waals surface area contributed by atoms with Gasteiger partial charge in [-0.1, -0.05) is 91.0 Å². The molecule has 3 aromatic carbocycles. The fourth-order valence-corrected chi connectivity index (χ4v) is 4.30. The van der Waals surface area contributed by atoms with E-state index in [0.29, 0.717) is 16.7 Å². The summed E-state index contributed by atoms with van der Waals surface area (Å²) < 4.78 is 17.0. The number of carboxylic acids is 1. The smallest absolute Gasteiger partial charge is 0.331 e. The third-order valence-electron chi connectivity index (χ3n) is 6.14. The molecule has 0 bridgehead atoms. The summed E-state index contributed by atoms with van der Waals surface area (Å²) in [6, 6.07) is 26.7. The Morgan fingerprint density at radius 2 is 1.03 bits per heavy atom. The Morgan fingerprint density at radius 3 is 1.46 bits per heavy atom. The summed E-state index contributed by atoms with van der Waals surface area (Å²) in [4.78, 5) is 50.4. The van der Waals surface area contributed by atoms with Crippen LogP contribution in [-0.2, 0) is 52.7 Å². The van der Waals surface area contributed by atoms with Gasteiger partial charge >= 0.3 is 23.9 Å². The first kappa shape index (κ1) is 27.3. The monoisotopic (exact) mass is 528 g/mol. The normalized spacial score (nSPS) is 18.4. The summed E-state index contributed by atoms with van der Waals surface area (Å²) in [5.74, 6) is -3.16. The number of carbonyl (C=O) groups excluding carboxylic acids is 3. The predicted octanol–water partition coefficient (Wildman–Crippen LogP) is 3.86. The van der Waals surface area contributed by atoms with Crippen LogP contribution in [0.1, 0.15) is 23.1 Å². The fourth-order valence-electron chi connectivity index (χ4n) is 4.30. The number of benzene rings is 3. The van der Waals surface area contributed by atoms with E-state index in [-0.39, 0.29) is 31.3 Å². The second-order valence-electron chi connectivity index (χ2n) is 9.13. The number of ether oxygens (including phenoxy) is 3. The van der Waals surface area contributed by atoms with Crippen molar-refractivity contribution in [2.45, 2.75) is 44.0 Å². The maximum absolute atomic E-state index is 12.9. The first-order valence-corrected chi connectivity index (χ1v) is 12.5. The van der Waals surface area contributed by atoms with E-state index >= 15 is 0 Å². The SMILES string of the molecule is O=C(Cc1ccccc1)O[C@@H]1[C@H](OC(=O)Cc2ccccc2)C=C(C(=O)O)C[C@H]1OC(=O)Cc1ccccc1. The van der Waals surface area contributed by atoms with Crippen molar-refractivity contribution in [2.24, 2.45) is 0 Å². The molecule has 1 aliphatic rings. The molecule has 8 nitrogen and oxygen atoms in total. The molecule has 0 amide bonds. The number of esters is 3. The van der Waals surface area contributed by atoms with Crippen LogP contribution >= 0.6 is 0 Å². The van der Waals surface area contributed by atoms with Crippen molar-refractivity contribution in [1.29, 1.82) is 0 Å². The van der Waals surface area contributed by atoms with Crippen LogP contribution in [0.5, 0.6) is 0 Å². The van der Waals surface area contributed by atoms with Gasteiger partial charge in [0.05, 0.1) is 19.3 Å². The molecule has 0 aromatic heterocycles. The summed E-state index contributed by atoms with van der Waals surface area (Å²) in [7, 11) is 0. The zero-order chi connectivity index (χ0) is 27.6. The quantitative estimate of drug-likeness (QED) is 0.312. The van der Waals surface area contributed by atoms with Crippen LogP contribution in [0.25, 0.3) is 0 Å². The van der Waals surface area contributed by atoms with Gasteiger partial charge in [-0.25, -0.2) is 4.79 Å². The molecule has 8 heteroatoms. The second kappa shape index (κ2) is 13.2. The highest BCUT2D eigenvalue weighted by atomic mass is 16.6. The third-order valence-corrected chi connectivity index (χ3v) is 6.14. The molecule has 0 aliphatic heterocycles. The van der Waals surface area contributed by atoms with E-state index in [2.05, 4.69) is 0 Å². The van der Waals surface area contributed by atoms with Gasteiger partial charge in [0, 0.05) is 12.0 Å². The van der Waals surface area contributed by atoms with Crippen molar-refractivity contribution in [3.8, 4) is 0 Å². The molecule has 1 aliphatic carbocycles. The van der Waals surface area contributed by atoms with Crippen LogP contribution in [0, 0.1) is 0 Å². The molecule has 3 aromatic rings. The van der Waals surface area contributed by atoms with E-state index in [4.69, 9.17) is 14.2 Å². The lowest BCUT2D eigenvalue weighted by atomic mass is 9.91. The maximum atomic E-state index is 12.9. The van der Waals surface area contributed by atoms with Crippen molar-refractivity contribution in [1.82, 2.24) is 0 Å². The minimum Gasteiger partial charge on any atom is -0.478 e. The van der Waals surface area contributed by atoms with Crippen molar-refractivity contribution >= 4 is 23.9 Å². The maximum Gasteiger partial charge on any atom is 0.331 e. The predicted molar refractivity (Wildman–Crippen MR) is 140 cm³/mol. The Morgan fingerprint density at radius 1 is 0.615 bits per heavy atom. The number of hydrogen-bond donors (Lipinski definition) is 1. The van der Waals surface area contributed by atoms with E-state index < -0.39 is 42.2 Å². The number of carbonyl (C=O) groups is 4. The highest BCUT2D eigenvalue weighted by Crippen LogP contribution is 2.28. The van der Waals surface area contributed by atoms with Crippen molar-refractivity contribution in [2.75, 3.05) is 0 Å². The minimum atomic E-state index is -1.27. The molecule has 200 valence electrons. The van der Waals surface area contributed by atoms with Gasteiger partial charge in [-0.05, 0) is 22.8 Å². The number of carboxylic acid groups (broad SMARTS) is 1. The standard InChI is InChI=1S/C31H28O8/c32-27(16-21-10-4-1-5-11-21)37-25-19-24(31(35)36)20-26(38-28(33)17-22-12-6-2-7-13-22)30(25)39-29(34)18-23-14-8-3-9-15-23/h1-15,19,25-26,30H,16-18,20H2,(H,35,36)/t25-,26-,30-/m1/s1. The van der Waals surface area contributed by atoms with Gasteiger partial charge in [0.1, 0.15) is 6.10 Å². The molecule has 0 saturated heterocycles. The van der Waals surface area contributed by atoms with Crippen LogP contribution in [0.3, 0.4) is 0 Å². The van der Waals surface area contributed by atoms with Crippen LogP contribution in [0.2, 0.25) is 0 Å². The summed E-state index contributed by atoms with van der Waals surface area (Å²) >= 11 is 0.